The average molecular weight is 353 g/mol. The molecule has 2 aromatic carbocycles. The zero-order valence-electron chi connectivity index (χ0n) is 11.3. The first-order valence-electron chi connectivity index (χ1n) is 6.48. The lowest BCUT2D eigenvalue weighted by Crippen LogP contribution is -1.98. The normalized spacial score (nSPS) is 24.1. The number of nitro groups is 1. The molecule has 0 saturated carbocycles. The van der Waals surface area contributed by atoms with E-state index in [9.17, 15) is 10.1 Å². The summed E-state index contributed by atoms with van der Waals surface area (Å²) in [5.41, 5.74) is -1.37. The summed E-state index contributed by atoms with van der Waals surface area (Å²) in [5, 5.41) is 10.6. The molecule has 1 aliphatic rings. The fourth-order valence-electron chi connectivity index (χ4n) is 2.01. The second-order valence-corrected chi connectivity index (χ2v) is 10.8. The number of hydrogen-bond donors (Lipinski definition) is 0. The van der Waals surface area contributed by atoms with Crippen LogP contribution in [0.2, 0.25) is 0 Å². The van der Waals surface area contributed by atoms with Crippen LogP contribution in [0.1, 0.15) is 11.7 Å². The Morgan fingerprint density at radius 2 is 1.91 bits per heavy atom. The molecule has 5 nitrogen and oxygen atoms in total. The van der Waals surface area contributed by atoms with E-state index in [4.69, 9.17) is 20.9 Å². The van der Waals surface area contributed by atoms with Crippen molar-refractivity contribution in [1.82, 2.24) is 0 Å². The van der Waals surface area contributed by atoms with Crippen molar-refractivity contribution in [3.05, 3.63) is 70.3 Å². The summed E-state index contributed by atoms with van der Waals surface area (Å²) in [5.74, 6) is 1.24. The van der Waals surface area contributed by atoms with Crippen LogP contribution in [-0.2, 0) is 16.3 Å². The van der Waals surface area contributed by atoms with E-state index in [-0.39, 0.29) is 11.8 Å². The van der Waals surface area contributed by atoms with Gasteiger partial charge in [0.25, 0.3) is 11.4 Å². The summed E-state index contributed by atoms with van der Waals surface area (Å²) < 4.78 is 11.7. The minimum atomic E-state index is -2.47. The first-order chi connectivity index (χ1) is 10.6. The van der Waals surface area contributed by atoms with E-state index in [2.05, 4.69) is 0 Å². The molecule has 8 heteroatoms. The van der Waals surface area contributed by atoms with Gasteiger partial charge in [0.05, 0.1) is 4.92 Å². The molecule has 1 saturated heterocycles. The summed E-state index contributed by atoms with van der Waals surface area (Å²) in [7, 11) is 0. The second kappa shape index (κ2) is 6.38. The zero-order chi connectivity index (χ0) is 15.6. The minimum absolute atomic E-state index is 0.0197. The molecule has 0 spiro atoms. The second-order valence-electron chi connectivity index (χ2n) is 4.59. The average Bonchev–Trinajstić information content (AvgIpc) is 2.91. The standard InChI is InChI=1S/C14H12NO4PS2/c16-15(17)12-6-8-13(9-7-12)18-20(21)19-14(10-22-20)11-4-2-1-3-5-11/h1-9,14H,10H2/t14-,20?/m0/s1. The van der Waals surface area contributed by atoms with Crippen molar-refractivity contribution in [3.63, 3.8) is 0 Å². The Morgan fingerprint density at radius 1 is 1.23 bits per heavy atom. The van der Waals surface area contributed by atoms with E-state index < -0.39 is 10.6 Å². The van der Waals surface area contributed by atoms with Gasteiger partial charge in [0, 0.05) is 17.9 Å². The largest absolute Gasteiger partial charge is 0.436 e. The van der Waals surface area contributed by atoms with Crippen molar-refractivity contribution >= 4 is 34.6 Å². The third kappa shape index (κ3) is 3.50. The highest BCUT2D eigenvalue weighted by atomic mass is 32.9. The first kappa shape index (κ1) is 15.5. The van der Waals surface area contributed by atoms with Crippen molar-refractivity contribution in [1.29, 1.82) is 0 Å². The fourth-order valence-corrected chi connectivity index (χ4v) is 6.71. The lowest BCUT2D eigenvalue weighted by Gasteiger charge is -2.17. The van der Waals surface area contributed by atoms with E-state index in [1.54, 1.807) is 12.1 Å². The van der Waals surface area contributed by atoms with Gasteiger partial charge in [0.2, 0.25) is 0 Å². The Kier molecular flexibility index (Phi) is 4.49. The minimum Gasteiger partial charge on any atom is -0.436 e. The van der Waals surface area contributed by atoms with Crippen LogP contribution in [0.5, 0.6) is 5.75 Å². The molecule has 1 fully saturated rings. The van der Waals surface area contributed by atoms with Crippen molar-refractivity contribution in [2.45, 2.75) is 6.10 Å². The number of nitrogens with zero attached hydrogens (tertiary/aromatic N) is 1. The number of non-ortho nitro benzene ring substituents is 1. The van der Waals surface area contributed by atoms with Gasteiger partial charge < -0.3 is 9.05 Å². The number of nitro benzene ring substituents is 1. The molecule has 2 aromatic rings. The lowest BCUT2D eigenvalue weighted by molar-refractivity contribution is -0.384. The van der Waals surface area contributed by atoms with Crippen LogP contribution in [0.15, 0.2) is 54.6 Å². The van der Waals surface area contributed by atoms with Crippen LogP contribution in [0.25, 0.3) is 0 Å². The molecule has 1 unspecified atom stereocenters. The SMILES string of the molecule is O=[N+]([O-])c1ccc(OP2(=S)O[C@H](c3ccccc3)CS2)cc1. The summed E-state index contributed by atoms with van der Waals surface area (Å²) in [6.45, 7) is 0. The van der Waals surface area contributed by atoms with Crippen molar-refractivity contribution in [2.24, 2.45) is 0 Å². The molecular formula is C14H12NO4PS2. The first-order valence-corrected chi connectivity index (χ1v) is 10.7. The Hall–Kier alpha value is -1.40. The van der Waals surface area contributed by atoms with Crippen LogP contribution in [0, 0.1) is 10.1 Å². The summed E-state index contributed by atoms with van der Waals surface area (Å²) in [6, 6.07) is 15.8. The smallest absolute Gasteiger partial charge is 0.298 e. The van der Waals surface area contributed by atoms with E-state index in [0.29, 0.717) is 5.75 Å². The monoisotopic (exact) mass is 353 g/mol. The van der Waals surface area contributed by atoms with Crippen molar-refractivity contribution in [2.75, 3.05) is 5.75 Å². The van der Waals surface area contributed by atoms with E-state index in [1.165, 1.54) is 23.5 Å². The van der Waals surface area contributed by atoms with Crippen LogP contribution in [0.3, 0.4) is 0 Å². The predicted octanol–water partition coefficient (Wildman–Crippen LogP) is 4.70. The van der Waals surface area contributed by atoms with Crippen molar-refractivity contribution < 1.29 is 14.0 Å². The van der Waals surface area contributed by atoms with E-state index in [1.807, 2.05) is 30.3 Å². The molecule has 0 amide bonds. The predicted molar refractivity (Wildman–Crippen MR) is 90.7 cm³/mol. The quantitative estimate of drug-likeness (QED) is 0.451. The summed E-state index contributed by atoms with van der Waals surface area (Å²) in [6.07, 6.45) is -0.0740. The van der Waals surface area contributed by atoms with Gasteiger partial charge in [0.15, 0.2) is 0 Å². The van der Waals surface area contributed by atoms with Crippen LogP contribution < -0.4 is 4.52 Å². The van der Waals surface area contributed by atoms with E-state index >= 15 is 0 Å². The van der Waals surface area contributed by atoms with E-state index in [0.717, 1.165) is 11.3 Å². The van der Waals surface area contributed by atoms with Crippen LogP contribution in [0.4, 0.5) is 5.69 Å². The molecule has 2 atom stereocenters. The molecule has 0 aliphatic carbocycles. The molecule has 22 heavy (non-hydrogen) atoms. The van der Waals surface area contributed by atoms with Gasteiger partial charge in [-0.05, 0) is 29.5 Å². The van der Waals surface area contributed by atoms with Crippen molar-refractivity contribution in [3.8, 4) is 5.75 Å². The highest BCUT2D eigenvalue weighted by Gasteiger charge is 2.35. The maximum atomic E-state index is 10.6. The zero-order valence-corrected chi connectivity index (χ0v) is 13.9. The van der Waals surface area contributed by atoms with Gasteiger partial charge in [-0.1, -0.05) is 41.7 Å². The van der Waals surface area contributed by atoms with Crippen LogP contribution >= 0.6 is 17.1 Å². The van der Waals surface area contributed by atoms with Gasteiger partial charge in [0.1, 0.15) is 11.9 Å². The number of benzene rings is 2. The Morgan fingerprint density at radius 3 is 2.55 bits per heavy atom. The molecule has 3 rings (SSSR count). The topological polar surface area (TPSA) is 61.6 Å². The molecular weight excluding hydrogens is 341 g/mol. The molecule has 0 N–H and O–H groups in total. The highest BCUT2D eigenvalue weighted by Crippen LogP contribution is 2.68. The van der Waals surface area contributed by atoms with Gasteiger partial charge in [-0.25, -0.2) is 0 Å². The lowest BCUT2D eigenvalue weighted by atomic mass is 10.1. The number of rotatable bonds is 4. The van der Waals surface area contributed by atoms with Gasteiger partial charge >= 0.3 is 0 Å². The highest BCUT2D eigenvalue weighted by molar-refractivity contribution is 8.68. The maximum Gasteiger partial charge on any atom is 0.298 e. The number of hydrogen-bond acceptors (Lipinski definition) is 6. The van der Waals surface area contributed by atoms with Crippen LogP contribution in [-0.4, -0.2) is 10.7 Å². The Bertz CT molecular complexity index is 723. The van der Waals surface area contributed by atoms with Gasteiger partial charge in [-0.3, -0.25) is 10.1 Å². The molecule has 0 bridgehead atoms. The Labute approximate surface area is 136 Å². The molecule has 1 aliphatic heterocycles. The fraction of sp³-hybridized carbons (Fsp3) is 0.143. The van der Waals surface area contributed by atoms with Gasteiger partial charge in [-0.15, -0.1) is 0 Å². The molecule has 1 heterocycles. The molecule has 0 radical (unpaired) electrons. The Balaban J connectivity index is 1.70. The van der Waals surface area contributed by atoms with Gasteiger partial charge in [-0.2, -0.15) is 0 Å². The molecule has 0 aromatic heterocycles. The molecule has 114 valence electrons. The summed E-state index contributed by atoms with van der Waals surface area (Å²) in [4.78, 5) is 10.2. The third-order valence-corrected chi connectivity index (χ3v) is 8.10. The summed E-state index contributed by atoms with van der Waals surface area (Å²) >= 11 is 7.01. The maximum absolute atomic E-state index is 10.6. The third-order valence-electron chi connectivity index (χ3n) is 3.08.